The van der Waals surface area contributed by atoms with E-state index < -0.39 is 0 Å². The zero-order chi connectivity index (χ0) is 11.7. The highest BCUT2D eigenvalue weighted by Crippen LogP contribution is 2.39. The lowest BCUT2D eigenvalue weighted by atomic mass is 9.78. The normalized spacial score (nSPS) is 18.8. The summed E-state index contributed by atoms with van der Waals surface area (Å²) in [4.78, 5) is 0. The van der Waals surface area contributed by atoms with Crippen molar-refractivity contribution in [3.05, 3.63) is 16.9 Å². The molecule has 0 aliphatic heterocycles. The second-order valence-electron chi connectivity index (χ2n) is 4.75. The molecule has 16 heavy (non-hydrogen) atoms. The van der Waals surface area contributed by atoms with Crippen molar-refractivity contribution in [2.24, 2.45) is 11.8 Å². The van der Waals surface area contributed by atoms with Gasteiger partial charge >= 0.3 is 0 Å². The van der Waals surface area contributed by atoms with Gasteiger partial charge in [-0.05, 0) is 32.6 Å². The third kappa shape index (κ3) is 1.97. The van der Waals surface area contributed by atoms with Gasteiger partial charge in [-0.2, -0.15) is 5.10 Å². The van der Waals surface area contributed by atoms with Gasteiger partial charge in [-0.15, -0.1) is 0 Å². The maximum absolute atomic E-state index is 6.21. The third-order valence-corrected chi connectivity index (χ3v) is 3.66. The van der Waals surface area contributed by atoms with Crippen molar-refractivity contribution in [2.75, 3.05) is 0 Å². The van der Waals surface area contributed by atoms with Crippen molar-refractivity contribution in [3.63, 3.8) is 0 Å². The van der Waals surface area contributed by atoms with Crippen LogP contribution in [0.3, 0.4) is 0 Å². The fourth-order valence-electron chi connectivity index (χ4n) is 2.26. The SMILES string of the molecule is CC(C)n1ncc(Cl)c1C(NN)C1CCC1. The van der Waals surface area contributed by atoms with Gasteiger partial charge in [0, 0.05) is 6.04 Å². The molecule has 90 valence electrons. The zero-order valence-corrected chi connectivity index (χ0v) is 10.5. The minimum absolute atomic E-state index is 0.131. The first-order chi connectivity index (χ1) is 7.65. The molecule has 0 amide bonds. The lowest BCUT2D eigenvalue weighted by Gasteiger charge is -2.34. The molecule has 3 N–H and O–H groups in total. The zero-order valence-electron chi connectivity index (χ0n) is 9.78. The van der Waals surface area contributed by atoms with Gasteiger partial charge in [-0.3, -0.25) is 16.0 Å². The van der Waals surface area contributed by atoms with E-state index in [-0.39, 0.29) is 6.04 Å². The molecular formula is C11H19ClN4. The van der Waals surface area contributed by atoms with Crippen molar-refractivity contribution in [1.29, 1.82) is 0 Å². The summed E-state index contributed by atoms with van der Waals surface area (Å²) in [6.07, 6.45) is 5.43. The van der Waals surface area contributed by atoms with Crippen LogP contribution < -0.4 is 11.3 Å². The van der Waals surface area contributed by atoms with Crippen molar-refractivity contribution in [3.8, 4) is 0 Å². The van der Waals surface area contributed by atoms with E-state index >= 15 is 0 Å². The van der Waals surface area contributed by atoms with Crippen LogP contribution in [-0.4, -0.2) is 9.78 Å². The minimum Gasteiger partial charge on any atom is -0.271 e. The summed E-state index contributed by atoms with van der Waals surface area (Å²) in [5, 5.41) is 5.03. The lowest BCUT2D eigenvalue weighted by Crippen LogP contribution is -2.38. The smallest absolute Gasteiger partial charge is 0.0834 e. The summed E-state index contributed by atoms with van der Waals surface area (Å²) in [5.41, 5.74) is 3.93. The predicted molar refractivity (Wildman–Crippen MR) is 65.0 cm³/mol. The van der Waals surface area contributed by atoms with E-state index in [0.717, 1.165) is 5.69 Å². The molecule has 0 bridgehead atoms. The number of nitrogens with two attached hydrogens (primary N) is 1. The molecule has 2 rings (SSSR count). The molecule has 5 heteroatoms. The average Bonchev–Trinajstić information content (AvgIpc) is 2.53. The molecule has 1 aliphatic carbocycles. The summed E-state index contributed by atoms with van der Waals surface area (Å²) in [5.74, 6) is 6.26. The number of rotatable bonds is 4. The van der Waals surface area contributed by atoms with E-state index in [1.165, 1.54) is 19.3 Å². The van der Waals surface area contributed by atoms with Gasteiger partial charge in [0.15, 0.2) is 0 Å². The fraction of sp³-hybridized carbons (Fsp3) is 0.727. The van der Waals surface area contributed by atoms with Gasteiger partial charge in [-0.25, -0.2) is 0 Å². The summed E-state index contributed by atoms with van der Waals surface area (Å²) in [6, 6.07) is 0.435. The Hall–Kier alpha value is -0.580. The highest BCUT2D eigenvalue weighted by atomic mass is 35.5. The van der Waals surface area contributed by atoms with Crippen LogP contribution in [0.25, 0.3) is 0 Å². The highest BCUT2D eigenvalue weighted by molar-refractivity contribution is 6.31. The Bertz CT molecular complexity index is 357. The molecule has 0 spiro atoms. The van der Waals surface area contributed by atoms with E-state index in [0.29, 0.717) is 17.0 Å². The number of hydrogen-bond acceptors (Lipinski definition) is 3. The van der Waals surface area contributed by atoms with Crippen LogP contribution in [0.4, 0.5) is 0 Å². The maximum atomic E-state index is 6.21. The van der Waals surface area contributed by atoms with Crippen molar-refractivity contribution in [2.45, 2.75) is 45.2 Å². The summed E-state index contributed by atoms with van der Waals surface area (Å²) < 4.78 is 1.96. The van der Waals surface area contributed by atoms with Crippen molar-refractivity contribution >= 4 is 11.6 Å². The quantitative estimate of drug-likeness (QED) is 0.630. The Balaban J connectivity index is 2.31. The molecule has 1 unspecified atom stereocenters. The van der Waals surface area contributed by atoms with Gasteiger partial charge in [0.05, 0.1) is 23.0 Å². The largest absolute Gasteiger partial charge is 0.271 e. The van der Waals surface area contributed by atoms with Crippen LogP contribution in [0.2, 0.25) is 5.02 Å². The summed E-state index contributed by atoms with van der Waals surface area (Å²) >= 11 is 6.21. The maximum Gasteiger partial charge on any atom is 0.0834 e. The Labute approximate surface area is 101 Å². The van der Waals surface area contributed by atoms with Crippen LogP contribution in [0.15, 0.2) is 6.20 Å². The molecular weight excluding hydrogens is 224 g/mol. The molecule has 1 aliphatic rings. The third-order valence-electron chi connectivity index (χ3n) is 3.37. The number of nitrogens with one attached hydrogen (secondary N) is 1. The average molecular weight is 243 g/mol. The van der Waals surface area contributed by atoms with Gasteiger partial charge in [0.2, 0.25) is 0 Å². The number of halogens is 1. The molecule has 1 heterocycles. The molecule has 1 saturated carbocycles. The standard InChI is InChI=1S/C11H19ClN4/c1-7(2)16-11(9(12)6-14-16)10(15-13)8-4-3-5-8/h6-8,10,15H,3-5,13H2,1-2H3. The summed E-state index contributed by atoms with van der Waals surface area (Å²) in [6.45, 7) is 4.20. The van der Waals surface area contributed by atoms with Crippen LogP contribution in [-0.2, 0) is 0 Å². The van der Waals surface area contributed by atoms with Gasteiger partial charge in [-0.1, -0.05) is 18.0 Å². The van der Waals surface area contributed by atoms with Crippen LogP contribution in [0.1, 0.15) is 50.9 Å². The minimum atomic E-state index is 0.131. The van der Waals surface area contributed by atoms with Crippen molar-refractivity contribution in [1.82, 2.24) is 15.2 Å². The first-order valence-electron chi connectivity index (χ1n) is 5.84. The van der Waals surface area contributed by atoms with Gasteiger partial charge in [0.1, 0.15) is 0 Å². The number of nitrogens with zero attached hydrogens (tertiary/aromatic N) is 2. The van der Waals surface area contributed by atoms with E-state index in [9.17, 15) is 0 Å². The second-order valence-corrected chi connectivity index (χ2v) is 5.16. The van der Waals surface area contributed by atoms with E-state index in [4.69, 9.17) is 17.4 Å². The van der Waals surface area contributed by atoms with Crippen LogP contribution in [0.5, 0.6) is 0 Å². The second kappa shape index (κ2) is 4.73. The number of hydrazine groups is 1. The Morgan fingerprint density at radius 2 is 2.25 bits per heavy atom. The van der Waals surface area contributed by atoms with E-state index in [1.807, 2.05) is 4.68 Å². The molecule has 1 atom stereocenters. The molecule has 0 aromatic carbocycles. The molecule has 1 aromatic rings. The van der Waals surface area contributed by atoms with Gasteiger partial charge < -0.3 is 0 Å². The summed E-state index contributed by atoms with van der Waals surface area (Å²) in [7, 11) is 0. The van der Waals surface area contributed by atoms with Crippen molar-refractivity contribution < 1.29 is 0 Å². The van der Waals surface area contributed by atoms with E-state index in [2.05, 4.69) is 24.4 Å². The van der Waals surface area contributed by atoms with Crippen LogP contribution in [0, 0.1) is 5.92 Å². The Kier molecular flexibility index (Phi) is 3.52. The molecule has 0 radical (unpaired) electrons. The molecule has 4 nitrogen and oxygen atoms in total. The number of hydrogen-bond donors (Lipinski definition) is 2. The number of aromatic nitrogens is 2. The van der Waals surface area contributed by atoms with Gasteiger partial charge in [0.25, 0.3) is 0 Å². The highest BCUT2D eigenvalue weighted by Gasteiger charge is 2.32. The molecule has 0 saturated heterocycles. The molecule has 1 fully saturated rings. The molecule has 1 aromatic heterocycles. The fourth-order valence-corrected chi connectivity index (χ4v) is 2.51. The van der Waals surface area contributed by atoms with E-state index in [1.54, 1.807) is 6.20 Å². The Morgan fingerprint density at radius 3 is 2.69 bits per heavy atom. The monoisotopic (exact) mass is 242 g/mol. The topological polar surface area (TPSA) is 55.9 Å². The predicted octanol–water partition coefficient (Wildman–Crippen LogP) is 2.42. The Morgan fingerprint density at radius 1 is 1.56 bits per heavy atom. The lowest BCUT2D eigenvalue weighted by molar-refractivity contribution is 0.221. The first-order valence-corrected chi connectivity index (χ1v) is 6.22. The van der Waals surface area contributed by atoms with Crippen LogP contribution >= 0.6 is 11.6 Å². The first kappa shape index (κ1) is 11.9.